The lowest BCUT2D eigenvalue weighted by molar-refractivity contribution is 0.102. The van der Waals surface area contributed by atoms with E-state index in [-0.39, 0.29) is 5.91 Å². The lowest BCUT2D eigenvalue weighted by Crippen LogP contribution is -2.14. The Kier molecular flexibility index (Phi) is 3.77. The molecule has 0 aliphatic rings. The Hall–Kier alpha value is -1.68. The van der Waals surface area contributed by atoms with Gasteiger partial charge in [0, 0.05) is 10.6 Å². The van der Waals surface area contributed by atoms with Crippen LogP contribution in [0.2, 0.25) is 0 Å². The van der Waals surface area contributed by atoms with Crippen LogP contribution < -0.4 is 5.32 Å². The van der Waals surface area contributed by atoms with Crippen molar-refractivity contribution in [3.8, 4) is 0 Å². The maximum Gasteiger partial charge on any atom is 0.275 e. The summed E-state index contributed by atoms with van der Waals surface area (Å²) in [6, 6.07) is 7.86. The number of nitrogens with zero attached hydrogens (tertiary/aromatic N) is 1. The van der Waals surface area contributed by atoms with E-state index in [0.717, 1.165) is 28.1 Å². The molecular weight excluding hydrogens is 244 g/mol. The number of benzene rings is 1. The molecule has 0 aliphatic heterocycles. The van der Waals surface area contributed by atoms with E-state index in [1.54, 1.807) is 0 Å². The van der Waals surface area contributed by atoms with Crippen LogP contribution in [0.3, 0.4) is 0 Å². The number of amides is 1. The monoisotopic (exact) mass is 260 g/mol. The van der Waals surface area contributed by atoms with Crippen molar-refractivity contribution in [1.29, 1.82) is 0 Å². The largest absolute Gasteiger partial charge is 0.320 e. The van der Waals surface area contributed by atoms with Crippen LogP contribution in [0.15, 0.2) is 24.3 Å². The number of hydrogen-bond acceptors (Lipinski definition) is 3. The number of anilines is 1. The topological polar surface area (TPSA) is 42.0 Å². The molecule has 1 amide bonds. The van der Waals surface area contributed by atoms with E-state index in [9.17, 15) is 4.79 Å². The molecule has 1 aromatic carbocycles. The molecule has 2 aromatic rings. The van der Waals surface area contributed by atoms with Crippen LogP contribution >= 0.6 is 11.5 Å². The molecule has 1 N–H and O–H groups in total. The van der Waals surface area contributed by atoms with Crippen LogP contribution in [-0.4, -0.2) is 10.3 Å². The third-order valence-electron chi connectivity index (χ3n) is 2.84. The van der Waals surface area contributed by atoms with Gasteiger partial charge in [-0.2, -0.15) is 4.37 Å². The molecule has 0 saturated heterocycles. The van der Waals surface area contributed by atoms with E-state index in [2.05, 4.69) is 16.6 Å². The van der Waals surface area contributed by atoms with E-state index in [1.807, 2.05) is 38.1 Å². The fraction of sp³-hybridized carbons (Fsp3) is 0.286. The maximum atomic E-state index is 12.1. The number of nitrogens with one attached hydrogen (secondary N) is 1. The van der Waals surface area contributed by atoms with Gasteiger partial charge in [0.15, 0.2) is 0 Å². The molecule has 1 aromatic heterocycles. The Morgan fingerprint density at radius 1 is 1.39 bits per heavy atom. The molecule has 0 aliphatic carbocycles. The molecule has 1 heterocycles. The van der Waals surface area contributed by atoms with Gasteiger partial charge in [-0.15, -0.1) is 0 Å². The molecule has 0 atom stereocenters. The second-order valence-corrected chi connectivity index (χ2v) is 5.25. The Labute approximate surface area is 111 Å². The maximum absolute atomic E-state index is 12.1. The molecule has 94 valence electrons. The van der Waals surface area contributed by atoms with Gasteiger partial charge in [-0.05, 0) is 49.0 Å². The van der Waals surface area contributed by atoms with Crippen LogP contribution in [0.4, 0.5) is 5.69 Å². The first-order valence-corrected chi connectivity index (χ1v) is 6.72. The Morgan fingerprint density at radius 2 is 2.17 bits per heavy atom. The Morgan fingerprint density at radius 3 is 2.78 bits per heavy atom. The van der Waals surface area contributed by atoms with E-state index >= 15 is 0 Å². The third-order valence-corrected chi connectivity index (χ3v) is 3.53. The molecule has 3 nitrogen and oxygen atoms in total. The van der Waals surface area contributed by atoms with Crippen molar-refractivity contribution in [2.24, 2.45) is 0 Å². The van der Waals surface area contributed by atoms with Crippen molar-refractivity contribution in [3.05, 3.63) is 46.0 Å². The summed E-state index contributed by atoms with van der Waals surface area (Å²) in [5, 5.41) is 2.96. The number of aryl methyl sites for hydroxylation is 3. The third kappa shape index (κ3) is 2.59. The van der Waals surface area contributed by atoms with Gasteiger partial charge in [0.05, 0.1) is 0 Å². The first-order chi connectivity index (χ1) is 8.61. The van der Waals surface area contributed by atoms with Gasteiger partial charge in [0.1, 0.15) is 5.69 Å². The minimum Gasteiger partial charge on any atom is -0.320 e. The Balaban J connectivity index is 2.26. The van der Waals surface area contributed by atoms with Crippen LogP contribution in [0.1, 0.15) is 33.4 Å². The highest BCUT2D eigenvalue weighted by Gasteiger charge is 2.12. The predicted octanol–water partition coefficient (Wildman–Crippen LogP) is 3.57. The summed E-state index contributed by atoms with van der Waals surface area (Å²) in [5.41, 5.74) is 3.63. The Bertz CT molecular complexity index is 575. The summed E-state index contributed by atoms with van der Waals surface area (Å²) in [7, 11) is 0. The van der Waals surface area contributed by atoms with Gasteiger partial charge < -0.3 is 5.32 Å². The lowest BCUT2D eigenvalue weighted by atomic mass is 10.1. The normalized spacial score (nSPS) is 10.4. The number of carbonyl (C=O) groups is 1. The van der Waals surface area contributed by atoms with E-state index in [0.29, 0.717) is 5.69 Å². The van der Waals surface area contributed by atoms with Crippen molar-refractivity contribution < 1.29 is 4.79 Å². The fourth-order valence-corrected chi connectivity index (χ4v) is 2.40. The molecule has 0 unspecified atom stereocenters. The molecule has 0 spiro atoms. The molecule has 2 rings (SSSR count). The zero-order chi connectivity index (χ0) is 13.1. The molecule has 0 saturated carbocycles. The van der Waals surface area contributed by atoms with Gasteiger partial charge in [-0.1, -0.05) is 25.1 Å². The van der Waals surface area contributed by atoms with E-state index < -0.39 is 0 Å². The summed E-state index contributed by atoms with van der Waals surface area (Å²) in [6.45, 7) is 6.03. The highest BCUT2D eigenvalue weighted by molar-refractivity contribution is 7.05. The summed E-state index contributed by atoms with van der Waals surface area (Å²) in [6.07, 6.45) is 0.896. The molecular formula is C14H16N2OS. The SMILES string of the molecule is CCc1cccc(C)c1NC(=O)c1cc(C)sn1. The van der Waals surface area contributed by atoms with Crippen molar-refractivity contribution in [3.63, 3.8) is 0 Å². The molecule has 18 heavy (non-hydrogen) atoms. The minimum absolute atomic E-state index is 0.136. The van der Waals surface area contributed by atoms with Crippen LogP contribution in [0, 0.1) is 13.8 Å². The quantitative estimate of drug-likeness (QED) is 0.916. The highest BCUT2D eigenvalue weighted by Crippen LogP contribution is 2.22. The molecule has 0 radical (unpaired) electrons. The average Bonchev–Trinajstić information content (AvgIpc) is 2.78. The lowest BCUT2D eigenvalue weighted by Gasteiger charge is -2.11. The van der Waals surface area contributed by atoms with Crippen LogP contribution in [0.25, 0.3) is 0 Å². The zero-order valence-electron chi connectivity index (χ0n) is 10.8. The smallest absolute Gasteiger partial charge is 0.275 e. The van der Waals surface area contributed by atoms with E-state index in [4.69, 9.17) is 0 Å². The van der Waals surface area contributed by atoms with Gasteiger partial charge in [0.25, 0.3) is 5.91 Å². The van der Waals surface area contributed by atoms with Crippen LogP contribution in [-0.2, 0) is 6.42 Å². The minimum atomic E-state index is -0.136. The molecule has 4 heteroatoms. The fourth-order valence-electron chi connectivity index (χ4n) is 1.85. The predicted molar refractivity (Wildman–Crippen MR) is 75.4 cm³/mol. The van der Waals surface area contributed by atoms with Crippen molar-refractivity contribution in [2.45, 2.75) is 27.2 Å². The van der Waals surface area contributed by atoms with Gasteiger partial charge in [0.2, 0.25) is 0 Å². The number of para-hydroxylation sites is 1. The van der Waals surface area contributed by atoms with Crippen molar-refractivity contribution in [2.75, 3.05) is 5.32 Å². The first kappa shape index (κ1) is 12.8. The summed E-state index contributed by atoms with van der Waals surface area (Å²) in [4.78, 5) is 13.1. The van der Waals surface area contributed by atoms with Gasteiger partial charge >= 0.3 is 0 Å². The molecule has 0 fully saturated rings. The van der Waals surface area contributed by atoms with Crippen LogP contribution in [0.5, 0.6) is 0 Å². The summed E-state index contributed by atoms with van der Waals surface area (Å²) in [5.74, 6) is -0.136. The second-order valence-electron chi connectivity index (χ2n) is 4.24. The second kappa shape index (κ2) is 5.31. The summed E-state index contributed by atoms with van der Waals surface area (Å²) >= 11 is 1.35. The standard InChI is InChI=1S/C14H16N2OS/c1-4-11-7-5-6-9(2)13(11)15-14(17)12-8-10(3)18-16-12/h5-8H,4H2,1-3H3,(H,15,17). The average molecular weight is 260 g/mol. The van der Waals surface area contributed by atoms with Crippen molar-refractivity contribution in [1.82, 2.24) is 4.37 Å². The zero-order valence-corrected chi connectivity index (χ0v) is 11.6. The first-order valence-electron chi connectivity index (χ1n) is 5.95. The number of rotatable bonds is 3. The van der Waals surface area contributed by atoms with Gasteiger partial charge in [-0.25, -0.2) is 0 Å². The number of carbonyl (C=O) groups excluding carboxylic acids is 1. The number of hydrogen-bond donors (Lipinski definition) is 1. The van der Waals surface area contributed by atoms with E-state index in [1.165, 1.54) is 11.5 Å². The summed E-state index contributed by atoms with van der Waals surface area (Å²) < 4.78 is 4.13. The number of aromatic nitrogens is 1. The van der Waals surface area contributed by atoms with Gasteiger partial charge in [-0.3, -0.25) is 4.79 Å². The highest BCUT2D eigenvalue weighted by atomic mass is 32.1. The van der Waals surface area contributed by atoms with Crippen molar-refractivity contribution >= 4 is 23.1 Å². The molecule has 0 bridgehead atoms.